The van der Waals surface area contributed by atoms with Crippen molar-refractivity contribution in [2.75, 3.05) is 17.2 Å². The Balaban J connectivity index is 1.98. The summed E-state index contributed by atoms with van der Waals surface area (Å²) < 4.78 is 5.26. The van der Waals surface area contributed by atoms with Crippen molar-refractivity contribution in [3.63, 3.8) is 0 Å². The SMILES string of the molecule is C=CCNc1nc(C(=O)O[C@H](C)C(=O)Nc2ccccc2[C@H](C)CC)cs1. The number of amides is 1. The molecule has 2 rings (SSSR count). The monoisotopic (exact) mass is 387 g/mol. The molecule has 0 fully saturated rings. The number of thiazole rings is 1. The predicted molar refractivity (Wildman–Crippen MR) is 109 cm³/mol. The van der Waals surface area contributed by atoms with Gasteiger partial charge in [-0.15, -0.1) is 17.9 Å². The largest absolute Gasteiger partial charge is 0.448 e. The highest BCUT2D eigenvalue weighted by Gasteiger charge is 2.22. The lowest BCUT2D eigenvalue weighted by molar-refractivity contribution is -0.123. The molecule has 0 saturated carbocycles. The van der Waals surface area contributed by atoms with Crippen molar-refractivity contribution in [3.05, 3.63) is 53.6 Å². The first-order chi connectivity index (χ1) is 13.0. The molecule has 0 spiro atoms. The molecule has 1 aromatic heterocycles. The maximum Gasteiger partial charge on any atom is 0.358 e. The number of esters is 1. The van der Waals surface area contributed by atoms with Crippen molar-refractivity contribution < 1.29 is 14.3 Å². The zero-order valence-electron chi connectivity index (χ0n) is 15.8. The maximum absolute atomic E-state index is 12.5. The standard InChI is InChI=1S/C20H25N3O3S/c1-5-11-21-20-23-17(12-27-20)19(25)26-14(4)18(24)22-16-10-8-7-9-15(16)13(3)6-2/h5,7-10,12-14H,1,6,11H2,2-4H3,(H,21,23)(H,22,24)/t13-,14-/m1/s1. The second-order valence-corrected chi connectivity index (χ2v) is 7.00. The fraction of sp³-hybridized carbons (Fsp3) is 0.350. The van der Waals surface area contributed by atoms with E-state index in [9.17, 15) is 9.59 Å². The summed E-state index contributed by atoms with van der Waals surface area (Å²) in [6, 6.07) is 7.66. The number of aromatic nitrogens is 1. The van der Waals surface area contributed by atoms with E-state index < -0.39 is 12.1 Å². The molecule has 0 bridgehead atoms. The Morgan fingerprint density at radius 1 is 1.33 bits per heavy atom. The van der Waals surface area contributed by atoms with Crippen LogP contribution in [0.1, 0.15) is 49.2 Å². The van der Waals surface area contributed by atoms with E-state index >= 15 is 0 Å². The van der Waals surface area contributed by atoms with Crippen molar-refractivity contribution in [1.29, 1.82) is 0 Å². The first-order valence-corrected chi connectivity index (χ1v) is 9.75. The van der Waals surface area contributed by atoms with Gasteiger partial charge >= 0.3 is 5.97 Å². The molecular formula is C20H25N3O3S. The van der Waals surface area contributed by atoms with Gasteiger partial charge in [-0.3, -0.25) is 4.79 Å². The number of benzene rings is 1. The summed E-state index contributed by atoms with van der Waals surface area (Å²) in [6.07, 6.45) is 1.72. The van der Waals surface area contributed by atoms with Crippen LogP contribution >= 0.6 is 11.3 Å². The molecule has 1 amide bonds. The van der Waals surface area contributed by atoms with Crippen molar-refractivity contribution >= 4 is 34.0 Å². The second kappa shape index (κ2) is 9.87. The Morgan fingerprint density at radius 2 is 2.07 bits per heavy atom. The van der Waals surface area contributed by atoms with Crippen LogP contribution in [0.4, 0.5) is 10.8 Å². The Labute approximate surface area is 163 Å². The highest BCUT2D eigenvalue weighted by atomic mass is 32.1. The van der Waals surface area contributed by atoms with E-state index in [0.29, 0.717) is 17.6 Å². The van der Waals surface area contributed by atoms with Gasteiger partial charge in [0.2, 0.25) is 0 Å². The van der Waals surface area contributed by atoms with Gasteiger partial charge in [-0.2, -0.15) is 0 Å². The van der Waals surface area contributed by atoms with Crippen LogP contribution in [0.2, 0.25) is 0 Å². The molecule has 0 aliphatic carbocycles. The normalized spacial score (nSPS) is 12.7. The molecule has 144 valence electrons. The number of nitrogens with zero attached hydrogens (tertiary/aromatic N) is 1. The smallest absolute Gasteiger partial charge is 0.358 e. The summed E-state index contributed by atoms with van der Waals surface area (Å²) in [7, 11) is 0. The molecule has 6 nitrogen and oxygen atoms in total. The zero-order valence-corrected chi connectivity index (χ0v) is 16.6. The lowest BCUT2D eigenvalue weighted by Gasteiger charge is -2.18. The Morgan fingerprint density at radius 3 is 2.78 bits per heavy atom. The Hall–Kier alpha value is -2.67. The number of hydrogen-bond donors (Lipinski definition) is 2. The van der Waals surface area contributed by atoms with Crippen LogP contribution in [-0.4, -0.2) is 29.5 Å². The average molecular weight is 388 g/mol. The highest BCUT2D eigenvalue weighted by molar-refractivity contribution is 7.13. The topological polar surface area (TPSA) is 80.3 Å². The molecule has 2 aromatic rings. The third kappa shape index (κ3) is 5.65. The molecular weight excluding hydrogens is 362 g/mol. The van der Waals surface area contributed by atoms with E-state index in [-0.39, 0.29) is 11.6 Å². The molecule has 0 radical (unpaired) electrons. The lowest BCUT2D eigenvalue weighted by atomic mass is 9.97. The number of nitrogens with one attached hydrogen (secondary N) is 2. The van der Waals surface area contributed by atoms with Gasteiger partial charge in [-0.1, -0.05) is 38.1 Å². The van der Waals surface area contributed by atoms with Crippen LogP contribution in [0, 0.1) is 0 Å². The molecule has 0 aliphatic heterocycles. The van der Waals surface area contributed by atoms with Gasteiger partial charge in [0.25, 0.3) is 5.91 Å². The third-order valence-corrected chi connectivity index (χ3v) is 4.93. The molecule has 0 aliphatic rings. The summed E-state index contributed by atoms with van der Waals surface area (Å²) in [4.78, 5) is 28.8. The number of rotatable bonds is 9. The second-order valence-electron chi connectivity index (χ2n) is 6.14. The summed E-state index contributed by atoms with van der Waals surface area (Å²) in [5.41, 5.74) is 1.97. The van der Waals surface area contributed by atoms with E-state index in [0.717, 1.165) is 17.7 Å². The van der Waals surface area contributed by atoms with Gasteiger partial charge in [0.05, 0.1) is 0 Å². The molecule has 27 heavy (non-hydrogen) atoms. The fourth-order valence-electron chi connectivity index (χ4n) is 2.38. The molecule has 1 heterocycles. The summed E-state index contributed by atoms with van der Waals surface area (Å²) in [5.74, 6) is -0.689. The van der Waals surface area contributed by atoms with Gasteiger partial charge in [-0.05, 0) is 30.9 Å². The quantitative estimate of drug-likeness (QED) is 0.491. The molecule has 0 saturated heterocycles. The van der Waals surface area contributed by atoms with E-state index in [4.69, 9.17) is 4.74 Å². The summed E-state index contributed by atoms with van der Waals surface area (Å²) >= 11 is 1.29. The molecule has 1 aromatic carbocycles. The van der Waals surface area contributed by atoms with Crippen LogP contribution in [0.25, 0.3) is 0 Å². The zero-order chi connectivity index (χ0) is 19.8. The molecule has 0 unspecified atom stereocenters. The molecule has 2 N–H and O–H groups in total. The van der Waals surface area contributed by atoms with Gasteiger partial charge in [0.1, 0.15) is 0 Å². The lowest BCUT2D eigenvalue weighted by Crippen LogP contribution is -2.30. The maximum atomic E-state index is 12.5. The Kier molecular flexibility index (Phi) is 7.55. The van der Waals surface area contributed by atoms with Gasteiger partial charge in [0.15, 0.2) is 16.9 Å². The van der Waals surface area contributed by atoms with Crippen LogP contribution in [0.15, 0.2) is 42.3 Å². The van der Waals surface area contributed by atoms with Crippen molar-refractivity contribution in [1.82, 2.24) is 4.98 Å². The highest BCUT2D eigenvalue weighted by Crippen LogP contribution is 2.26. The molecule has 7 heteroatoms. The number of hydrogen-bond acceptors (Lipinski definition) is 6. The van der Waals surface area contributed by atoms with Crippen LogP contribution in [-0.2, 0) is 9.53 Å². The Bertz CT molecular complexity index is 803. The van der Waals surface area contributed by atoms with Crippen molar-refractivity contribution in [2.24, 2.45) is 0 Å². The van der Waals surface area contributed by atoms with E-state index in [1.807, 2.05) is 24.3 Å². The van der Waals surface area contributed by atoms with Gasteiger partial charge < -0.3 is 15.4 Å². The van der Waals surface area contributed by atoms with Gasteiger partial charge in [0, 0.05) is 17.6 Å². The van der Waals surface area contributed by atoms with Crippen LogP contribution in [0.5, 0.6) is 0 Å². The van der Waals surface area contributed by atoms with E-state index in [1.54, 1.807) is 18.4 Å². The minimum Gasteiger partial charge on any atom is -0.448 e. The summed E-state index contributed by atoms with van der Waals surface area (Å²) in [6.45, 7) is 9.91. The number of carbonyl (C=O) groups excluding carboxylic acids is 2. The van der Waals surface area contributed by atoms with Crippen LogP contribution < -0.4 is 10.6 Å². The average Bonchev–Trinajstić information content (AvgIpc) is 3.15. The summed E-state index contributed by atoms with van der Waals surface area (Å²) in [5, 5.41) is 8.05. The minimum absolute atomic E-state index is 0.172. The first kappa shape index (κ1) is 20.6. The molecule has 2 atom stereocenters. The number of carbonyl (C=O) groups is 2. The van der Waals surface area contributed by atoms with Gasteiger partial charge in [-0.25, -0.2) is 9.78 Å². The van der Waals surface area contributed by atoms with E-state index in [1.165, 1.54) is 11.3 Å². The van der Waals surface area contributed by atoms with Crippen molar-refractivity contribution in [3.8, 4) is 0 Å². The van der Waals surface area contributed by atoms with Crippen LogP contribution in [0.3, 0.4) is 0 Å². The van der Waals surface area contributed by atoms with E-state index in [2.05, 4.69) is 36.0 Å². The number of para-hydroxylation sites is 1. The minimum atomic E-state index is -0.936. The number of anilines is 2. The number of ether oxygens (including phenoxy) is 1. The first-order valence-electron chi connectivity index (χ1n) is 8.87. The third-order valence-electron chi connectivity index (χ3n) is 4.13. The fourth-order valence-corrected chi connectivity index (χ4v) is 3.07. The van der Waals surface area contributed by atoms with Crippen molar-refractivity contribution in [2.45, 2.75) is 39.2 Å². The predicted octanol–water partition coefficient (Wildman–Crippen LogP) is 4.44.